The van der Waals surface area contributed by atoms with E-state index < -0.39 is 10.0 Å². The zero-order chi connectivity index (χ0) is 30.2. The number of sulfonamides is 1. The molecule has 43 heavy (non-hydrogen) atoms. The molecule has 0 fully saturated rings. The summed E-state index contributed by atoms with van der Waals surface area (Å²) in [6, 6.07) is 14.9. The molecule has 0 saturated carbocycles. The molecule has 1 aliphatic heterocycles. The Labute approximate surface area is 269 Å². The number of carbonyl (C=O) groups is 1. The smallest absolute Gasteiger partial charge is 0.256 e. The van der Waals surface area contributed by atoms with E-state index in [0.717, 1.165) is 45.3 Å². The first-order valence-electron chi connectivity index (χ1n) is 14.6. The number of hydrogen-bond acceptors (Lipinski definition) is 7. The second-order valence-electron chi connectivity index (χ2n) is 12.1. The first kappa shape index (κ1) is 33.6. The number of hydrogen-bond donors (Lipinski definition) is 1. The molecule has 232 valence electrons. The Morgan fingerprint density at radius 3 is 2.23 bits per heavy atom. The van der Waals surface area contributed by atoms with Gasteiger partial charge in [-0.15, -0.1) is 35.1 Å². The minimum Gasteiger partial charge on any atom is -0.313 e. The van der Waals surface area contributed by atoms with E-state index in [1.54, 1.807) is 51.2 Å². The van der Waals surface area contributed by atoms with Crippen LogP contribution in [0.25, 0.3) is 20.8 Å². The van der Waals surface area contributed by atoms with Gasteiger partial charge in [-0.2, -0.15) is 4.31 Å². The molecular weight excluding hydrogens is 620 g/mol. The predicted octanol–water partition coefficient (Wildman–Crippen LogP) is 7.77. The molecule has 1 N–H and O–H groups in total. The van der Waals surface area contributed by atoms with Crippen LogP contribution in [0.1, 0.15) is 62.3 Å². The molecule has 0 unspecified atom stereocenters. The molecule has 1 aliphatic rings. The quantitative estimate of drug-likeness (QED) is 0.188. The van der Waals surface area contributed by atoms with E-state index in [9.17, 15) is 13.2 Å². The van der Waals surface area contributed by atoms with Gasteiger partial charge in [-0.05, 0) is 74.1 Å². The minimum atomic E-state index is -3.67. The highest BCUT2D eigenvalue weighted by atomic mass is 35.5. The number of anilines is 1. The van der Waals surface area contributed by atoms with Crippen LogP contribution in [-0.2, 0) is 23.0 Å². The van der Waals surface area contributed by atoms with E-state index in [0.29, 0.717) is 24.7 Å². The van der Waals surface area contributed by atoms with Crippen molar-refractivity contribution in [1.29, 1.82) is 0 Å². The van der Waals surface area contributed by atoms with Gasteiger partial charge in [-0.3, -0.25) is 9.69 Å². The zero-order valence-corrected chi connectivity index (χ0v) is 28.9. The second-order valence-corrected chi connectivity index (χ2v) is 16.2. The first-order chi connectivity index (χ1) is 19.9. The van der Waals surface area contributed by atoms with Gasteiger partial charge in [-0.25, -0.2) is 13.4 Å². The highest BCUT2D eigenvalue weighted by Crippen LogP contribution is 2.46. The van der Waals surface area contributed by atoms with Crippen LogP contribution in [0.3, 0.4) is 0 Å². The number of halogens is 1. The van der Waals surface area contributed by atoms with Gasteiger partial charge in [0, 0.05) is 48.2 Å². The molecule has 3 heterocycles. The van der Waals surface area contributed by atoms with Crippen LogP contribution in [0, 0.1) is 11.8 Å². The number of fused-ring (bicyclic) bond motifs is 2. The van der Waals surface area contributed by atoms with Crippen LogP contribution in [0.5, 0.6) is 0 Å². The van der Waals surface area contributed by atoms with Crippen molar-refractivity contribution in [2.24, 2.45) is 11.8 Å². The van der Waals surface area contributed by atoms with E-state index in [4.69, 9.17) is 4.98 Å². The molecule has 0 aliphatic carbocycles. The Morgan fingerprint density at radius 2 is 1.63 bits per heavy atom. The van der Waals surface area contributed by atoms with Gasteiger partial charge in [0.1, 0.15) is 10.0 Å². The maximum atomic E-state index is 13.5. The lowest BCUT2D eigenvalue weighted by molar-refractivity contribution is 0.102. The Balaban J connectivity index is 0.00000423. The molecule has 2 aromatic carbocycles. The molecule has 0 saturated heterocycles. The third-order valence-corrected chi connectivity index (χ3v) is 11.5. The molecule has 7 nitrogen and oxygen atoms in total. The summed E-state index contributed by atoms with van der Waals surface area (Å²) in [4.78, 5) is 22.4. The fourth-order valence-electron chi connectivity index (χ4n) is 5.35. The van der Waals surface area contributed by atoms with Crippen LogP contribution in [0.4, 0.5) is 5.00 Å². The Morgan fingerprint density at radius 1 is 0.977 bits per heavy atom. The number of nitrogens with one attached hydrogen (secondary N) is 1. The summed E-state index contributed by atoms with van der Waals surface area (Å²) in [6.45, 7) is 15.2. The molecule has 2 aromatic heterocycles. The summed E-state index contributed by atoms with van der Waals surface area (Å²) in [6.07, 6.45) is 0.904. The van der Waals surface area contributed by atoms with E-state index in [1.165, 1.54) is 10.4 Å². The summed E-state index contributed by atoms with van der Waals surface area (Å²) in [5.41, 5.74) is 3.65. The van der Waals surface area contributed by atoms with Gasteiger partial charge in [-0.1, -0.05) is 39.8 Å². The second kappa shape index (κ2) is 13.7. The first-order valence-corrected chi connectivity index (χ1v) is 17.7. The molecule has 5 rings (SSSR count). The van der Waals surface area contributed by atoms with E-state index in [-0.39, 0.29) is 35.0 Å². The number of carbonyl (C=O) groups excluding carboxylic acids is 1. The van der Waals surface area contributed by atoms with Gasteiger partial charge in [0.25, 0.3) is 5.91 Å². The van der Waals surface area contributed by atoms with Crippen LogP contribution in [-0.4, -0.2) is 54.2 Å². The highest BCUT2D eigenvalue weighted by molar-refractivity contribution is 7.89. The standard InChI is InChI=1S/C32H40N4O3S3.ClH/c1-20(2)17-36(18-21(3)4)42(38,39)24-13-11-23(12-14-24)30(37)34-32-29(31-33-26-9-7-8-10-27(26)40-31)25-15-16-35(22(5)6)19-28(25)41-32;/h7-14,20-22H,15-19H2,1-6H3,(H,34,37);1H. The van der Waals surface area contributed by atoms with Gasteiger partial charge >= 0.3 is 0 Å². The fourth-order valence-corrected chi connectivity index (χ4v) is 9.49. The number of nitrogens with zero attached hydrogens (tertiary/aromatic N) is 3. The van der Waals surface area contributed by atoms with Gasteiger partial charge < -0.3 is 5.32 Å². The monoisotopic (exact) mass is 660 g/mol. The maximum Gasteiger partial charge on any atom is 0.256 e. The molecule has 11 heteroatoms. The number of benzene rings is 2. The largest absolute Gasteiger partial charge is 0.313 e. The lowest BCUT2D eigenvalue weighted by Crippen LogP contribution is -2.37. The fraction of sp³-hybridized carbons (Fsp3) is 0.438. The SMILES string of the molecule is CC(C)CN(CC(C)C)S(=O)(=O)c1ccc(C(=O)Nc2sc3c(c2-c2nc4ccccc4s2)CCN(C(C)C)C3)cc1.Cl. The minimum absolute atomic E-state index is 0. The predicted molar refractivity (Wildman–Crippen MR) is 182 cm³/mol. The number of rotatable bonds is 10. The Bertz CT molecular complexity index is 1630. The van der Waals surface area contributed by atoms with Crippen molar-refractivity contribution < 1.29 is 13.2 Å². The number of thiophene rings is 1. The molecule has 0 radical (unpaired) electrons. The van der Waals surface area contributed by atoms with Crippen molar-refractivity contribution in [3.8, 4) is 10.6 Å². The summed E-state index contributed by atoms with van der Waals surface area (Å²) in [7, 11) is -3.67. The van der Waals surface area contributed by atoms with Crippen molar-refractivity contribution in [2.75, 3.05) is 25.0 Å². The zero-order valence-electron chi connectivity index (χ0n) is 25.6. The van der Waals surface area contributed by atoms with Crippen LogP contribution < -0.4 is 5.32 Å². The molecule has 0 spiro atoms. The van der Waals surface area contributed by atoms with Crippen LogP contribution >= 0.6 is 35.1 Å². The number of thiazole rings is 1. The third kappa shape index (κ3) is 7.32. The maximum absolute atomic E-state index is 13.5. The molecular formula is C32H41ClN4O3S3. The van der Waals surface area contributed by atoms with Crippen molar-refractivity contribution >= 4 is 66.2 Å². The molecule has 1 amide bonds. The number of amides is 1. The summed E-state index contributed by atoms with van der Waals surface area (Å²) in [5, 5.41) is 4.89. The highest BCUT2D eigenvalue weighted by Gasteiger charge is 2.29. The summed E-state index contributed by atoms with van der Waals surface area (Å²) in [5.74, 6) is 0.150. The van der Waals surface area contributed by atoms with E-state index in [2.05, 4.69) is 30.1 Å². The third-order valence-electron chi connectivity index (χ3n) is 7.44. The van der Waals surface area contributed by atoms with Crippen LogP contribution in [0.15, 0.2) is 53.4 Å². The van der Waals surface area contributed by atoms with Crippen LogP contribution in [0.2, 0.25) is 0 Å². The van der Waals surface area contributed by atoms with E-state index >= 15 is 0 Å². The Hall–Kier alpha value is -2.34. The molecule has 0 bridgehead atoms. The van der Waals surface area contributed by atoms with Gasteiger partial charge in [0.2, 0.25) is 10.0 Å². The average Bonchev–Trinajstić information content (AvgIpc) is 3.52. The lowest BCUT2D eigenvalue weighted by Gasteiger charge is -2.30. The normalized spacial score (nSPS) is 14.1. The topological polar surface area (TPSA) is 82.6 Å². The van der Waals surface area contributed by atoms with Gasteiger partial charge in [0.15, 0.2) is 0 Å². The van der Waals surface area contributed by atoms with Crippen molar-refractivity contribution in [3.63, 3.8) is 0 Å². The Kier molecular flexibility index (Phi) is 10.7. The van der Waals surface area contributed by atoms with Gasteiger partial charge in [0.05, 0.1) is 15.1 Å². The molecule has 4 aromatic rings. The van der Waals surface area contributed by atoms with Crippen molar-refractivity contribution in [3.05, 3.63) is 64.5 Å². The van der Waals surface area contributed by atoms with Crippen molar-refractivity contribution in [2.45, 2.75) is 65.4 Å². The average molecular weight is 661 g/mol. The summed E-state index contributed by atoms with van der Waals surface area (Å²) < 4.78 is 29.6. The molecule has 0 atom stereocenters. The number of para-hydroxylation sites is 1. The lowest BCUT2D eigenvalue weighted by atomic mass is 10.0. The van der Waals surface area contributed by atoms with E-state index in [1.807, 2.05) is 45.9 Å². The summed E-state index contributed by atoms with van der Waals surface area (Å²) >= 11 is 3.27. The number of aromatic nitrogens is 1. The van der Waals surface area contributed by atoms with Crippen molar-refractivity contribution in [1.82, 2.24) is 14.2 Å².